The second-order valence-electron chi connectivity index (χ2n) is 7.22. The third kappa shape index (κ3) is 28.3. The summed E-state index contributed by atoms with van der Waals surface area (Å²) in [7, 11) is 0. The summed E-state index contributed by atoms with van der Waals surface area (Å²) in [6.45, 7) is 0. The molecule has 0 aliphatic heterocycles. The Hall–Kier alpha value is -0.560. The Morgan fingerprint density at radius 1 is 0.346 bits per heavy atom. The van der Waals surface area contributed by atoms with Crippen LogP contribution in [0, 0.1) is 9.93 Å². The highest BCUT2D eigenvalue weighted by molar-refractivity contribution is 4.52. The van der Waals surface area contributed by atoms with Crippen LogP contribution in [-0.2, 0) is 10.1 Å². The minimum atomic E-state index is 0. The first-order valence-electron chi connectivity index (χ1n) is 10.7. The van der Waals surface area contributed by atoms with Crippen LogP contribution in [0.2, 0.25) is 0 Å². The lowest BCUT2D eigenvalue weighted by atomic mass is 10.0. The van der Waals surface area contributed by atoms with Crippen LogP contribution in [0.25, 0.3) is 0 Å². The van der Waals surface area contributed by atoms with Crippen LogP contribution in [0.4, 0.5) is 0 Å². The first-order valence-corrected chi connectivity index (χ1v) is 10.7. The highest BCUT2D eigenvalue weighted by atomic mass is 17.6. The summed E-state index contributed by atoms with van der Waals surface area (Å²) < 4.78 is 0. The zero-order valence-corrected chi connectivity index (χ0v) is 16.7. The van der Waals surface area contributed by atoms with Gasteiger partial charge in [0, 0.05) is 11.4 Å². The topological polar surface area (TPSA) is 93.1 Å². The van der Waals surface area contributed by atoms with Crippen LogP contribution in [0.5, 0.6) is 0 Å². The van der Waals surface area contributed by atoms with E-state index in [1.165, 1.54) is 128 Å². The van der Waals surface area contributed by atoms with Crippen molar-refractivity contribution in [2.45, 2.75) is 128 Å². The predicted molar refractivity (Wildman–Crippen MR) is 109 cm³/mol. The molecular weight excluding hydrogens is 336 g/mol. The van der Waals surface area contributed by atoms with Crippen LogP contribution < -0.4 is 0 Å². The van der Waals surface area contributed by atoms with E-state index in [-0.39, 0.29) is 1.43 Å². The molecule has 2 aliphatic carbocycles. The quantitative estimate of drug-likeness (QED) is 0.353. The summed E-state index contributed by atoms with van der Waals surface area (Å²) in [6.07, 6.45) is 30.0. The number of hydrogen-bond acceptors (Lipinski definition) is 6. The molecule has 0 unspecified atom stereocenters. The van der Waals surface area contributed by atoms with Crippen molar-refractivity contribution in [1.82, 2.24) is 0 Å². The Labute approximate surface area is 161 Å². The van der Waals surface area contributed by atoms with E-state index in [9.17, 15) is 0 Å². The zero-order valence-electron chi connectivity index (χ0n) is 16.7. The summed E-state index contributed by atoms with van der Waals surface area (Å²) in [5.41, 5.74) is 0. The van der Waals surface area contributed by atoms with Gasteiger partial charge >= 0.3 is 0 Å². The fraction of sp³-hybridized carbons (Fsp3) is 1.00. The maximum absolute atomic E-state index is 7.00. The molecule has 0 saturated heterocycles. The summed E-state index contributed by atoms with van der Waals surface area (Å²) in [5, 5.41) is 19.0. The van der Waals surface area contributed by atoms with Crippen molar-refractivity contribution in [3.05, 3.63) is 9.93 Å². The Kier molecular flexibility index (Phi) is 31.1. The third-order valence-corrected chi connectivity index (χ3v) is 5.03. The normalized spacial score (nSPS) is 19.8. The Morgan fingerprint density at radius 2 is 0.423 bits per heavy atom. The lowest BCUT2D eigenvalue weighted by Crippen LogP contribution is -1.85. The molecule has 0 aromatic heterocycles. The van der Waals surface area contributed by atoms with Crippen molar-refractivity contribution >= 4 is 0 Å². The van der Waals surface area contributed by atoms with Crippen molar-refractivity contribution < 1.29 is 22.0 Å². The average Bonchev–Trinajstić information content (AvgIpc) is 2.73. The van der Waals surface area contributed by atoms with E-state index in [0.29, 0.717) is 0 Å². The summed E-state index contributed by atoms with van der Waals surface area (Å²) in [6, 6.07) is 0. The molecule has 2 N–H and O–H groups in total. The highest BCUT2D eigenvalue weighted by Gasteiger charge is 1.96. The summed E-state index contributed by atoms with van der Waals surface area (Å²) >= 11 is 0. The first-order chi connectivity index (χ1) is 12.9. The van der Waals surface area contributed by atoms with Crippen LogP contribution in [0.3, 0.4) is 0 Å². The molecule has 6 nitrogen and oxygen atoms in total. The zero-order chi connectivity index (χ0) is 19.6. The molecule has 0 aromatic carbocycles. The molecule has 0 aromatic rings. The van der Waals surface area contributed by atoms with Gasteiger partial charge in [0.25, 0.3) is 0 Å². The number of hydrogen-bond donors (Lipinski definition) is 2. The van der Waals surface area contributed by atoms with Crippen LogP contribution in [0.15, 0.2) is 0 Å². The molecule has 2 rings (SSSR count). The highest BCUT2D eigenvalue weighted by Crippen LogP contribution is 2.16. The van der Waals surface area contributed by atoms with Crippen molar-refractivity contribution in [2.24, 2.45) is 0 Å². The van der Waals surface area contributed by atoms with Gasteiger partial charge < -0.3 is 0 Å². The molecule has 2 saturated carbocycles. The smallest absolute Gasteiger partial charge is 0 e. The predicted octanol–water partition coefficient (Wildman–Crippen LogP) is 8.00. The average molecular weight is 381 g/mol. The Bertz CT molecular complexity index is 146. The van der Waals surface area contributed by atoms with E-state index >= 15 is 0 Å². The molecule has 2 fully saturated rings. The SMILES string of the molecule is C1CCCCCCCCC1.C1CCCCCCCCC1.O=O.OOOO.[HH]. The molecule has 6 heteroatoms. The molecule has 26 heavy (non-hydrogen) atoms. The molecule has 0 amide bonds. The summed E-state index contributed by atoms with van der Waals surface area (Å²) in [5.74, 6) is 0. The van der Waals surface area contributed by atoms with Gasteiger partial charge in [-0.1, -0.05) is 128 Å². The van der Waals surface area contributed by atoms with Gasteiger partial charge in [-0.05, 0) is 10.1 Å². The monoisotopic (exact) mass is 380 g/mol. The van der Waals surface area contributed by atoms with Crippen molar-refractivity contribution in [2.75, 3.05) is 0 Å². The third-order valence-electron chi connectivity index (χ3n) is 5.03. The van der Waals surface area contributed by atoms with Gasteiger partial charge in [-0.3, -0.25) is 0 Å². The molecule has 0 heterocycles. The van der Waals surface area contributed by atoms with E-state index in [0.717, 1.165) is 0 Å². The lowest BCUT2D eigenvalue weighted by Gasteiger charge is -2.05. The van der Waals surface area contributed by atoms with E-state index in [4.69, 9.17) is 20.4 Å². The molecule has 0 bridgehead atoms. The van der Waals surface area contributed by atoms with Gasteiger partial charge in [-0.2, -0.15) is 0 Å². The molecule has 0 atom stereocenters. The Balaban J connectivity index is -0.000000323. The van der Waals surface area contributed by atoms with Crippen molar-refractivity contribution in [1.29, 1.82) is 0 Å². The van der Waals surface area contributed by atoms with Crippen LogP contribution in [0.1, 0.15) is 130 Å². The molecule has 160 valence electrons. The van der Waals surface area contributed by atoms with Crippen LogP contribution >= 0.6 is 0 Å². The van der Waals surface area contributed by atoms with Gasteiger partial charge in [-0.15, -0.1) is 0 Å². The second kappa shape index (κ2) is 29.2. The largest absolute Gasteiger partial charge is 0.219 e. The van der Waals surface area contributed by atoms with Gasteiger partial charge in [0.05, 0.1) is 0 Å². The van der Waals surface area contributed by atoms with Gasteiger partial charge in [-0.25, -0.2) is 10.5 Å². The minimum absolute atomic E-state index is 0. The van der Waals surface area contributed by atoms with Gasteiger partial charge in [0.2, 0.25) is 0 Å². The molecule has 0 radical (unpaired) electrons. The summed E-state index contributed by atoms with van der Waals surface area (Å²) in [4.78, 5) is 14.0. The Morgan fingerprint density at radius 3 is 0.462 bits per heavy atom. The molecule has 2 aliphatic rings. The van der Waals surface area contributed by atoms with Crippen molar-refractivity contribution in [3.8, 4) is 0 Å². The second-order valence-corrected chi connectivity index (χ2v) is 7.22. The van der Waals surface area contributed by atoms with Crippen LogP contribution in [-0.4, -0.2) is 10.5 Å². The lowest BCUT2D eigenvalue weighted by molar-refractivity contribution is -0.611. The maximum Gasteiger partial charge on any atom is 0 e. The molecular formula is C20H44O6. The first kappa shape index (κ1) is 27.7. The van der Waals surface area contributed by atoms with Gasteiger partial charge in [0.1, 0.15) is 0 Å². The van der Waals surface area contributed by atoms with E-state index in [1.807, 2.05) is 0 Å². The minimum Gasteiger partial charge on any atom is -0.219 e. The van der Waals surface area contributed by atoms with E-state index in [1.54, 1.807) is 0 Å². The van der Waals surface area contributed by atoms with E-state index < -0.39 is 0 Å². The van der Waals surface area contributed by atoms with Crippen molar-refractivity contribution in [3.63, 3.8) is 0 Å². The standard InChI is InChI=1S/2C10H20.H2O4.O2.H2/c2*1-2-4-6-8-10-9-7-5-3-1;1-3-4-2;1-2;/h2*1-10H2;1-2H;;1H. The fourth-order valence-electron chi connectivity index (χ4n) is 3.54. The van der Waals surface area contributed by atoms with E-state index in [2.05, 4.69) is 10.1 Å². The maximum atomic E-state index is 7.00. The molecule has 0 spiro atoms. The van der Waals surface area contributed by atoms with Gasteiger partial charge in [0.15, 0.2) is 0 Å². The fourth-order valence-corrected chi connectivity index (χ4v) is 3.54. The number of rotatable bonds is 1.